The van der Waals surface area contributed by atoms with Crippen molar-refractivity contribution < 1.29 is 9.90 Å². The predicted molar refractivity (Wildman–Crippen MR) is 58.7 cm³/mol. The Bertz CT molecular complexity index is 311. The SMILES string of the molecule is CCC(=O)Nc1ccc(NCCO)nc1. The predicted octanol–water partition coefficient (Wildman–Crippen LogP) is 0.834. The van der Waals surface area contributed by atoms with E-state index in [1.54, 1.807) is 25.3 Å². The molecule has 0 bridgehead atoms. The normalized spacial score (nSPS) is 9.73. The highest BCUT2D eigenvalue weighted by Gasteiger charge is 1.99. The summed E-state index contributed by atoms with van der Waals surface area (Å²) in [4.78, 5) is 15.1. The minimum absolute atomic E-state index is 0.0344. The molecule has 5 heteroatoms. The van der Waals surface area contributed by atoms with Crippen LogP contribution >= 0.6 is 0 Å². The Labute approximate surface area is 88.5 Å². The van der Waals surface area contributed by atoms with Crippen molar-refractivity contribution in [1.82, 2.24) is 4.98 Å². The molecule has 3 N–H and O–H groups in total. The summed E-state index contributed by atoms with van der Waals surface area (Å²) in [5.74, 6) is 0.645. The van der Waals surface area contributed by atoms with E-state index in [4.69, 9.17) is 5.11 Å². The van der Waals surface area contributed by atoms with Crippen LogP contribution in [-0.2, 0) is 4.79 Å². The van der Waals surface area contributed by atoms with E-state index in [1.165, 1.54) is 0 Å². The maximum atomic E-state index is 11.1. The van der Waals surface area contributed by atoms with Gasteiger partial charge in [0.05, 0.1) is 18.5 Å². The van der Waals surface area contributed by atoms with Crippen LogP contribution in [-0.4, -0.2) is 29.1 Å². The first-order chi connectivity index (χ1) is 7.26. The molecule has 0 saturated carbocycles. The fourth-order valence-corrected chi connectivity index (χ4v) is 1.01. The Balaban J connectivity index is 2.52. The molecule has 0 unspecified atom stereocenters. The molecule has 0 spiro atoms. The molecule has 0 aliphatic rings. The number of aliphatic hydroxyl groups excluding tert-OH is 1. The first kappa shape index (κ1) is 11.5. The minimum atomic E-state index is -0.0344. The zero-order valence-corrected chi connectivity index (χ0v) is 8.66. The van der Waals surface area contributed by atoms with Crippen molar-refractivity contribution in [3.63, 3.8) is 0 Å². The highest BCUT2D eigenvalue weighted by Crippen LogP contribution is 2.09. The maximum absolute atomic E-state index is 11.1. The highest BCUT2D eigenvalue weighted by atomic mass is 16.3. The molecular weight excluding hydrogens is 194 g/mol. The highest BCUT2D eigenvalue weighted by molar-refractivity contribution is 5.90. The van der Waals surface area contributed by atoms with Gasteiger partial charge in [0, 0.05) is 13.0 Å². The van der Waals surface area contributed by atoms with Crippen LogP contribution in [0.4, 0.5) is 11.5 Å². The van der Waals surface area contributed by atoms with E-state index in [0.29, 0.717) is 24.5 Å². The summed E-state index contributed by atoms with van der Waals surface area (Å²) in [6.45, 7) is 2.32. The van der Waals surface area contributed by atoms with Gasteiger partial charge in [-0.3, -0.25) is 4.79 Å². The Morgan fingerprint density at radius 1 is 1.53 bits per heavy atom. The third-order valence-corrected chi connectivity index (χ3v) is 1.79. The van der Waals surface area contributed by atoms with Crippen molar-refractivity contribution >= 4 is 17.4 Å². The molecule has 1 rings (SSSR count). The van der Waals surface area contributed by atoms with E-state index in [0.717, 1.165) is 0 Å². The van der Waals surface area contributed by atoms with Gasteiger partial charge in [0.1, 0.15) is 5.82 Å². The Kier molecular flexibility index (Phi) is 4.56. The fraction of sp³-hybridized carbons (Fsp3) is 0.400. The topological polar surface area (TPSA) is 74.2 Å². The molecule has 1 heterocycles. The molecule has 0 fully saturated rings. The second-order valence-corrected chi connectivity index (χ2v) is 2.98. The molecule has 0 saturated heterocycles. The van der Waals surface area contributed by atoms with Gasteiger partial charge >= 0.3 is 0 Å². The molecule has 1 amide bonds. The van der Waals surface area contributed by atoms with Crippen LogP contribution in [0.15, 0.2) is 18.3 Å². The second kappa shape index (κ2) is 5.98. The number of carbonyl (C=O) groups excluding carboxylic acids is 1. The third kappa shape index (κ3) is 3.95. The quantitative estimate of drug-likeness (QED) is 0.671. The summed E-state index contributed by atoms with van der Waals surface area (Å²) in [7, 11) is 0. The van der Waals surface area contributed by atoms with Crippen molar-refractivity contribution in [3.05, 3.63) is 18.3 Å². The van der Waals surface area contributed by atoms with Gasteiger partial charge in [0.25, 0.3) is 0 Å². The van der Waals surface area contributed by atoms with Crippen LogP contribution < -0.4 is 10.6 Å². The molecule has 0 aromatic carbocycles. The van der Waals surface area contributed by atoms with Gasteiger partial charge < -0.3 is 15.7 Å². The number of hydrogen-bond donors (Lipinski definition) is 3. The number of anilines is 2. The van der Waals surface area contributed by atoms with E-state index in [-0.39, 0.29) is 12.5 Å². The zero-order chi connectivity index (χ0) is 11.1. The van der Waals surface area contributed by atoms with Crippen molar-refractivity contribution in [2.45, 2.75) is 13.3 Å². The molecule has 5 nitrogen and oxygen atoms in total. The number of hydrogen-bond acceptors (Lipinski definition) is 4. The lowest BCUT2D eigenvalue weighted by Gasteiger charge is -2.05. The lowest BCUT2D eigenvalue weighted by Crippen LogP contribution is -2.10. The largest absolute Gasteiger partial charge is 0.395 e. The summed E-state index contributed by atoms with van der Waals surface area (Å²) in [5.41, 5.74) is 0.677. The van der Waals surface area contributed by atoms with E-state index in [2.05, 4.69) is 15.6 Å². The van der Waals surface area contributed by atoms with Gasteiger partial charge in [-0.15, -0.1) is 0 Å². The number of carbonyl (C=O) groups is 1. The molecule has 1 aromatic rings. The first-order valence-corrected chi connectivity index (χ1v) is 4.87. The van der Waals surface area contributed by atoms with Crippen LogP contribution in [0.2, 0.25) is 0 Å². The smallest absolute Gasteiger partial charge is 0.224 e. The van der Waals surface area contributed by atoms with Crippen LogP contribution in [0.3, 0.4) is 0 Å². The summed E-state index contributed by atoms with van der Waals surface area (Å²) >= 11 is 0. The van der Waals surface area contributed by atoms with Crippen molar-refractivity contribution in [1.29, 1.82) is 0 Å². The fourth-order valence-electron chi connectivity index (χ4n) is 1.01. The number of amides is 1. The van der Waals surface area contributed by atoms with Gasteiger partial charge in [0.2, 0.25) is 5.91 Å². The molecule has 82 valence electrons. The lowest BCUT2D eigenvalue weighted by molar-refractivity contribution is -0.115. The average molecular weight is 209 g/mol. The van der Waals surface area contributed by atoms with Crippen LogP contribution in [0.25, 0.3) is 0 Å². The average Bonchev–Trinajstić information content (AvgIpc) is 2.28. The number of aliphatic hydroxyl groups is 1. The van der Waals surface area contributed by atoms with E-state index < -0.39 is 0 Å². The molecule has 0 radical (unpaired) electrons. The summed E-state index contributed by atoms with van der Waals surface area (Å²) in [6.07, 6.45) is 2.03. The Morgan fingerprint density at radius 2 is 2.33 bits per heavy atom. The second-order valence-electron chi connectivity index (χ2n) is 2.98. The first-order valence-electron chi connectivity index (χ1n) is 4.87. The number of rotatable bonds is 5. The van der Waals surface area contributed by atoms with E-state index in [1.807, 2.05) is 0 Å². The monoisotopic (exact) mass is 209 g/mol. The zero-order valence-electron chi connectivity index (χ0n) is 8.66. The molecule has 15 heavy (non-hydrogen) atoms. The third-order valence-electron chi connectivity index (χ3n) is 1.79. The minimum Gasteiger partial charge on any atom is -0.395 e. The Hall–Kier alpha value is -1.62. The van der Waals surface area contributed by atoms with Gasteiger partial charge in [-0.25, -0.2) is 4.98 Å². The number of nitrogens with zero attached hydrogens (tertiary/aromatic N) is 1. The summed E-state index contributed by atoms with van der Waals surface area (Å²) in [5, 5.41) is 14.2. The number of pyridine rings is 1. The molecular formula is C10H15N3O2. The molecule has 0 aliphatic heterocycles. The number of nitrogens with one attached hydrogen (secondary N) is 2. The molecule has 1 aromatic heterocycles. The summed E-state index contributed by atoms with van der Waals surface area (Å²) in [6, 6.07) is 3.52. The molecule has 0 atom stereocenters. The number of aromatic nitrogens is 1. The van der Waals surface area contributed by atoms with Gasteiger partial charge in [-0.05, 0) is 12.1 Å². The van der Waals surface area contributed by atoms with E-state index in [9.17, 15) is 4.79 Å². The van der Waals surface area contributed by atoms with Crippen LogP contribution in [0.1, 0.15) is 13.3 Å². The van der Waals surface area contributed by atoms with Crippen molar-refractivity contribution in [2.75, 3.05) is 23.8 Å². The van der Waals surface area contributed by atoms with Crippen molar-refractivity contribution in [2.24, 2.45) is 0 Å². The van der Waals surface area contributed by atoms with Crippen LogP contribution in [0, 0.1) is 0 Å². The van der Waals surface area contributed by atoms with Gasteiger partial charge in [-0.1, -0.05) is 6.92 Å². The maximum Gasteiger partial charge on any atom is 0.224 e. The molecule has 0 aliphatic carbocycles. The Morgan fingerprint density at radius 3 is 2.87 bits per heavy atom. The lowest BCUT2D eigenvalue weighted by atomic mass is 10.3. The standard InChI is InChI=1S/C10H15N3O2/c1-2-10(15)13-8-3-4-9(12-7-8)11-5-6-14/h3-4,7,14H,2,5-6H2,1H3,(H,11,12)(H,13,15). The van der Waals surface area contributed by atoms with Crippen molar-refractivity contribution in [3.8, 4) is 0 Å². The summed E-state index contributed by atoms with van der Waals surface area (Å²) < 4.78 is 0. The van der Waals surface area contributed by atoms with Gasteiger partial charge in [-0.2, -0.15) is 0 Å². The van der Waals surface area contributed by atoms with E-state index >= 15 is 0 Å². The van der Waals surface area contributed by atoms with Crippen LogP contribution in [0.5, 0.6) is 0 Å². The van der Waals surface area contributed by atoms with Gasteiger partial charge in [0.15, 0.2) is 0 Å².